The molecule has 2 aromatic carbocycles. The number of aromatic nitrogens is 3. The number of ether oxygens (including phenoxy) is 1. The second-order valence-electron chi connectivity index (χ2n) is 6.38. The Balaban J connectivity index is 1.89. The van der Waals surface area contributed by atoms with Crippen molar-refractivity contribution in [3.63, 3.8) is 0 Å². The summed E-state index contributed by atoms with van der Waals surface area (Å²) in [6, 6.07) is 12.8. The summed E-state index contributed by atoms with van der Waals surface area (Å²) in [5, 5.41) is 8.29. The molecule has 8 nitrogen and oxygen atoms in total. The minimum atomic E-state index is -0.290. The maximum Gasteiger partial charge on any atom is 0.261 e. The minimum Gasteiger partial charge on any atom is -0.483 e. The van der Waals surface area contributed by atoms with Gasteiger partial charge in [-0.25, -0.2) is 4.68 Å². The van der Waals surface area contributed by atoms with Gasteiger partial charge in [-0.2, -0.15) is 5.10 Å². The Labute approximate surface area is 159 Å². The van der Waals surface area contributed by atoms with Crippen molar-refractivity contribution in [1.29, 1.82) is 0 Å². The monoisotopic (exact) mass is 377 g/mol. The van der Waals surface area contributed by atoms with Crippen molar-refractivity contribution in [3.05, 3.63) is 58.4 Å². The van der Waals surface area contributed by atoms with Gasteiger partial charge in [0.05, 0.1) is 11.2 Å². The molecular formula is C20H19N5O3. The molecule has 0 fully saturated rings. The van der Waals surface area contributed by atoms with Gasteiger partial charge in [0.2, 0.25) is 0 Å². The average Bonchev–Trinajstić information content (AvgIpc) is 3.05. The topological polar surface area (TPSA) is 115 Å². The highest BCUT2D eigenvalue weighted by atomic mass is 16.5. The van der Waals surface area contributed by atoms with Crippen molar-refractivity contribution in [3.8, 4) is 11.4 Å². The first-order valence-electron chi connectivity index (χ1n) is 8.74. The summed E-state index contributed by atoms with van der Waals surface area (Å²) in [5.74, 6) is 0.555. The van der Waals surface area contributed by atoms with Gasteiger partial charge in [-0.15, -0.1) is 0 Å². The van der Waals surface area contributed by atoms with Crippen LogP contribution >= 0.6 is 0 Å². The Kier molecular flexibility index (Phi) is 4.23. The number of nitrogens with zero attached hydrogens (tertiary/aromatic N) is 2. The molecule has 0 spiro atoms. The summed E-state index contributed by atoms with van der Waals surface area (Å²) in [4.78, 5) is 26.9. The molecule has 0 aliphatic carbocycles. The van der Waals surface area contributed by atoms with Crippen molar-refractivity contribution in [2.75, 3.05) is 19.4 Å². The van der Waals surface area contributed by atoms with E-state index in [-0.39, 0.29) is 23.9 Å². The lowest BCUT2D eigenvalue weighted by Gasteiger charge is -2.13. The molecule has 0 saturated carbocycles. The highest BCUT2D eigenvalue weighted by Gasteiger charge is 2.18. The number of fused-ring (bicyclic) bond motifs is 3. The van der Waals surface area contributed by atoms with E-state index in [1.807, 2.05) is 37.3 Å². The van der Waals surface area contributed by atoms with E-state index in [9.17, 15) is 9.59 Å². The van der Waals surface area contributed by atoms with E-state index in [0.29, 0.717) is 27.9 Å². The molecule has 4 aromatic rings. The zero-order chi connectivity index (χ0) is 19.8. The first-order chi connectivity index (χ1) is 13.5. The molecule has 0 radical (unpaired) electrons. The van der Waals surface area contributed by atoms with Crippen LogP contribution in [0.25, 0.3) is 27.5 Å². The van der Waals surface area contributed by atoms with Crippen LogP contribution in [0, 0.1) is 6.92 Å². The fraction of sp³-hybridized carbons (Fsp3) is 0.150. The molecule has 4 N–H and O–H groups in total. The fourth-order valence-corrected chi connectivity index (χ4v) is 3.21. The van der Waals surface area contributed by atoms with Gasteiger partial charge in [0, 0.05) is 18.0 Å². The number of carbonyl (C=O) groups excluding carboxylic acids is 1. The number of para-hydroxylation sites is 1. The predicted molar refractivity (Wildman–Crippen MR) is 108 cm³/mol. The Bertz CT molecular complexity index is 1270. The van der Waals surface area contributed by atoms with Crippen LogP contribution < -0.4 is 21.3 Å². The van der Waals surface area contributed by atoms with Crippen LogP contribution in [0.1, 0.15) is 5.56 Å². The van der Waals surface area contributed by atoms with E-state index in [1.54, 1.807) is 19.2 Å². The smallest absolute Gasteiger partial charge is 0.261 e. The number of benzene rings is 2. The summed E-state index contributed by atoms with van der Waals surface area (Å²) >= 11 is 0. The van der Waals surface area contributed by atoms with Crippen molar-refractivity contribution in [1.82, 2.24) is 20.1 Å². The highest BCUT2D eigenvalue weighted by molar-refractivity contribution is 6.06. The third-order valence-corrected chi connectivity index (χ3v) is 4.70. The molecule has 0 unspecified atom stereocenters. The van der Waals surface area contributed by atoms with E-state index in [4.69, 9.17) is 10.5 Å². The summed E-state index contributed by atoms with van der Waals surface area (Å²) in [5.41, 5.74) is 8.67. The molecule has 142 valence electrons. The molecule has 0 bridgehead atoms. The highest BCUT2D eigenvalue weighted by Crippen LogP contribution is 2.30. The SMILES string of the molecule is CNC(=O)COc1cccc(-n2nc3c(c2N)c(=O)[nH]c2ccccc23)c1C. The first-order valence-corrected chi connectivity index (χ1v) is 8.74. The number of nitrogens with one attached hydrogen (secondary N) is 2. The fourth-order valence-electron chi connectivity index (χ4n) is 3.21. The van der Waals surface area contributed by atoms with E-state index in [2.05, 4.69) is 15.4 Å². The second-order valence-corrected chi connectivity index (χ2v) is 6.38. The summed E-state index contributed by atoms with van der Waals surface area (Å²) in [7, 11) is 1.55. The summed E-state index contributed by atoms with van der Waals surface area (Å²) in [6.45, 7) is 1.75. The van der Waals surface area contributed by atoms with Crippen LogP contribution in [0.3, 0.4) is 0 Å². The van der Waals surface area contributed by atoms with Gasteiger partial charge in [-0.3, -0.25) is 9.59 Å². The molecule has 2 aromatic heterocycles. The van der Waals surface area contributed by atoms with Gasteiger partial charge < -0.3 is 20.8 Å². The van der Waals surface area contributed by atoms with E-state index in [1.165, 1.54) is 4.68 Å². The van der Waals surface area contributed by atoms with Crippen LogP contribution in [0.2, 0.25) is 0 Å². The van der Waals surface area contributed by atoms with Gasteiger partial charge in [0.15, 0.2) is 6.61 Å². The number of amides is 1. The zero-order valence-corrected chi connectivity index (χ0v) is 15.4. The third-order valence-electron chi connectivity index (χ3n) is 4.70. The Morgan fingerprint density at radius 3 is 2.82 bits per heavy atom. The summed E-state index contributed by atoms with van der Waals surface area (Å²) in [6.07, 6.45) is 0. The summed E-state index contributed by atoms with van der Waals surface area (Å²) < 4.78 is 7.13. The van der Waals surface area contributed by atoms with Crippen LogP contribution in [0.5, 0.6) is 5.75 Å². The number of pyridine rings is 1. The molecule has 1 amide bonds. The largest absolute Gasteiger partial charge is 0.483 e. The normalized spacial score (nSPS) is 11.1. The molecule has 4 rings (SSSR count). The number of hydrogen-bond donors (Lipinski definition) is 3. The quantitative estimate of drug-likeness (QED) is 0.502. The maximum absolute atomic E-state index is 12.6. The zero-order valence-electron chi connectivity index (χ0n) is 15.4. The number of rotatable bonds is 4. The third kappa shape index (κ3) is 2.75. The predicted octanol–water partition coefficient (Wildman–Crippen LogP) is 1.88. The average molecular weight is 377 g/mol. The van der Waals surface area contributed by atoms with Gasteiger partial charge in [0.25, 0.3) is 11.5 Å². The lowest BCUT2D eigenvalue weighted by atomic mass is 10.1. The number of carbonyl (C=O) groups is 1. The number of anilines is 1. The minimum absolute atomic E-state index is 0.0956. The lowest BCUT2D eigenvalue weighted by molar-refractivity contribution is -0.122. The molecular weight excluding hydrogens is 358 g/mol. The van der Waals surface area contributed by atoms with Crippen LogP contribution in [-0.4, -0.2) is 34.3 Å². The van der Waals surface area contributed by atoms with Gasteiger partial charge >= 0.3 is 0 Å². The molecule has 0 atom stereocenters. The maximum atomic E-state index is 12.6. The van der Waals surface area contributed by atoms with Crippen molar-refractivity contribution in [2.24, 2.45) is 0 Å². The Morgan fingerprint density at radius 1 is 1.25 bits per heavy atom. The van der Waals surface area contributed by atoms with Gasteiger partial charge in [-0.05, 0) is 25.1 Å². The molecule has 0 aliphatic heterocycles. The molecule has 0 aliphatic rings. The molecule has 8 heteroatoms. The number of likely N-dealkylation sites (N-methyl/N-ethyl adjacent to an activating group) is 1. The lowest BCUT2D eigenvalue weighted by Crippen LogP contribution is -2.25. The van der Waals surface area contributed by atoms with E-state index in [0.717, 1.165) is 10.9 Å². The molecule has 28 heavy (non-hydrogen) atoms. The second kappa shape index (κ2) is 6.73. The van der Waals surface area contributed by atoms with Crippen molar-refractivity contribution in [2.45, 2.75) is 6.92 Å². The number of nitrogen functional groups attached to an aromatic ring is 1. The van der Waals surface area contributed by atoms with Crippen LogP contribution in [0.15, 0.2) is 47.3 Å². The number of hydrogen-bond acceptors (Lipinski definition) is 5. The standard InChI is InChI=1S/C20H19N5O3/c1-11-14(8-5-9-15(11)28-10-16(26)22-2)25-19(21)17-18(24-25)12-6-3-4-7-13(12)23-20(17)27/h3-9H,10,21H2,1-2H3,(H,22,26)(H,23,27). The Hall–Kier alpha value is -3.81. The number of aromatic amines is 1. The molecule has 2 heterocycles. The first kappa shape index (κ1) is 17.6. The van der Waals surface area contributed by atoms with E-state index >= 15 is 0 Å². The van der Waals surface area contributed by atoms with Crippen LogP contribution in [-0.2, 0) is 4.79 Å². The van der Waals surface area contributed by atoms with Gasteiger partial charge in [0.1, 0.15) is 22.5 Å². The van der Waals surface area contributed by atoms with Crippen molar-refractivity contribution >= 4 is 33.5 Å². The number of H-pyrrole nitrogens is 1. The molecule has 0 saturated heterocycles. The van der Waals surface area contributed by atoms with Crippen LogP contribution in [0.4, 0.5) is 5.82 Å². The van der Waals surface area contributed by atoms with E-state index < -0.39 is 0 Å². The Morgan fingerprint density at radius 2 is 2.04 bits per heavy atom. The number of nitrogens with two attached hydrogens (primary N) is 1. The van der Waals surface area contributed by atoms with Crippen molar-refractivity contribution < 1.29 is 9.53 Å². The van der Waals surface area contributed by atoms with Gasteiger partial charge in [-0.1, -0.05) is 24.3 Å².